The minimum absolute atomic E-state index is 0.387. The molecule has 0 saturated carbocycles. The summed E-state index contributed by atoms with van der Waals surface area (Å²) in [6, 6.07) is 0.646. The molecule has 5 heteroatoms. The van der Waals surface area contributed by atoms with Crippen LogP contribution >= 0.6 is 0 Å². The fourth-order valence-electron chi connectivity index (χ4n) is 2.70. The summed E-state index contributed by atoms with van der Waals surface area (Å²) < 4.78 is 5.41. The van der Waals surface area contributed by atoms with Gasteiger partial charge < -0.3 is 10.5 Å². The summed E-state index contributed by atoms with van der Waals surface area (Å²) in [5.74, 6) is 0.387. The van der Waals surface area contributed by atoms with E-state index in [9.17, 15) is 0 Å². The van der Waals surface area contributed by atoms with Crippen LogP contribution in [0.2, 0.25) is 0 Å². The Morgan fingerprint density at radius 1 is 1.35 bits per heavy atom. The van der Waals surface area contributed by atoms with Gasteiger partial charge in [-0.05, 0) is 24.8 Å². The van der Waals surface area contributed by atoms with Crippen LogP contribution in [0.5, 0.6) is 0 Å². The second-order valence-electron chi connectivity index (χ2n) is 4.76. The molecule has 0 spiro atoms. The van der Waals surface area contributed by atoms with Gasteiger partial charge in [-0.3, -0.25) is 4.90 Å². The number of anilines is 1. The number of hydrogen-bond acceptors (Lipinski definition) is 5. The zero-order valence-corrected chi connectivity index (χ0v) is 9.93. The number of fused-ring (bicyclic) bond motifs is 1. The minimum Gasteiger partial charge on any atom is -0.381 e. The fraction of sp³-hybridized carbons (Fsp3) is 0.667. The molecule has 0 amide bonds. The number of hydrogen-bond donors (Lipinski definition) is 1. The van der Waals surface area contributed by atoms with Crippen molar-refractivity contribution < 1.29 is 4.74 Å². The number of nitrogens with two attached hydrogens (primary N) is 1. The first-order chi connectivity index (χ1) is 8.33. The van der Waals surface area contributed by atoms with Gasteiger partial charge in [0.2, 0.25) is 5.95 Å². The maximum atomic E-state index is 5.65. The molecule has 1 saturated heterocycles. The predicted molar refractivity (Wildman–Crippen MR) is 64.4 cm³/mol. The van der Waals surface area contributed by atoms with Gasteiger partial charge >= 0.3 is 0 Å². The maximum absolute atomic E-state index is 5.65. The lowest BCUT2D eigenvalue weighted by Crippen LogP contribution is -2.42. The number of nitrogen functional groups attached to an aromatic ring is 1. The van der Waals surface area contributed by atoms with E-state index in [1.807, 2.05) is 6.20 Å². The highest BCUT2D eigenvalue weighted by Crippen LogP contribution is 2.23. The van der Waals surface area contributed by atoms with Crippen LogP contribution in [-0.4, -0.2) is 40.7 Å². The summed E-state index contributed by atoms with van der Waals surface area (Å²) in [6.45, 7) is 3.79. The third-order valence-electron chi connectivity index (χ3n) is 3.70. The van der Waals surface area contributed by atoms with Crippen LogP contribution in [0.1, 0.15) is 24.1 Å². The van der Waals surface area contributed by atoms with E-state index < -0.39 is 0 Å². The molecule has 0 aromatic carbocycles. The van der Waals surface area contributed by atoms with Crippen LogP contribution < -0.4 is 5.73 Å². The Hall–Kier alpha value is -1.20. The molecule has 3 rings (SSSR count). The Morgan fingerprint density at radius 2 is 2.18 bits per heavy atom. The zero-order chi connectivity index (χ0) is 11.7. The van der Waals surface area contributed by atoms with Crippen molar-refractivity contribution in [2.45, 2.75) is 31.8 Å². The van der Waals surface area contributed by atoms with Crippen LogP contribution in [0.4, 0.5) is 5.95 Å². The summed E-state index contributed by atoms with van der Waals surface area (Å²) in [5.41, 5.74) is 8.00. The van der Waals surface area contributed by atoms with Gasteiger partial charge in [-0.15, -0.1) is 0 Å². The van der Waals surface area contributed by atoms with Crippen molar-refractivity contribution >= 4 is 5.95 Å². The third kappa shape index (κ3) is 2.25. The molecule has 3 heterocycles. The SMILES string of the molecule is Nc1ncc2c(n1)CN(C1CCOCC1)CC2. The molecule has 1 fully saturated rings. The second kappa shape index (κ2) is 4.58. The van der Waals surface area contributed by atoms with E-state index in [4.69, 9.17) is 10.5 Å². The van der Waals surface area contributed by atoms with Gasteiger partial charge in [0.15, 0.2) is 0 Å². The monoisotopic (exact) mass is 234 g/mol. The average molecular weight is 234 g/mol. The molecule has 0 radical (unpaired) electrons. The third-order valence-corrected chi connectivity index (χ3v) is 3.70. The first-order valence-electron chi connectivity index (χ1n) is 6.25. The summed E-state index contributed by atoms with van der Waals surface area (Å²) in [5, 5.41) is 0. The lowest BCUT2D eigenvalue weighted by atomic mass is 10.0. The molecule has 2 aliphatic heterocycles. The Labute approximate surface area is 101 Å². The van der Waals surface area contributed by atoms with E-state index in [1.54, 1.807) is 0 Å². The van der Waals surface area contributed by atoms with E-state index >= 15 is 0 Å². The lowest BCUT2D eigenvalue weighted by molar-refractivity contribution is 0.0284. The molecule has 0 bridgehead atoms. The average Bonchev–Trinajstić information content (AvgIpc) is 2.39. The molecule has 0 atom stereocenters. The van der Waals surface area contributed by atoms with Crippen molar-refractivity contribution in [3.63, 3.8) is 0 Å². The number of ether oxygens (including phenoxy) is 1. The van der Waals surface area contributed by atoms with E-state index in [1.165, 1.54) is 5.56 Å². The molecular formula is C12H18N4O. The Morgan fingerprint density at radius 3 is 3.00 bits per heavy atom. The molecule has 0 aliphatic carbocycles. The largest absolute Gasteiger partial charge is 0.381 e. The van der Waals surface area contributed by atoms with Crippen molar-refractivity contribution in [1.29, 1.82) is 0 Å². The molecule has 92 valence electrons. The van der Waals surface area contributed by atoms with E-state index in [2.05, 4.69) is 14.9 Å². The van der Waals surface area contributed by atoms with Crippen LogP contribution in [0.25, 0.3) is 0 Å². The molecule has 2 N–H and O–H groups in total. The van der Waals surface area contributed by atoms with Crippen LogP contribution in [0.3, 0.4) is 0 Å². The van der Waals surface area contributed by atoms with Crippen molar-refractivity contribution in [3.05, 3.63) is 17.5 Å². The molecule has 1 aromatic rings. The summed E-state index contributed by atoms with van der Waals surface area (Å²) in [7, 11) is 0. The molecular weight excluding hydrogens is 216 g/mol. The number of aromatic nitrogens is 2. The number of rotatable bonds is 1. The van der Waals surface area contributed by atoms with Crippen molar-refractivity contribution in [1.82, 2.24) is 14.9 Å². The predicted octanol–water partition coefficient (Wildman–Crippen LogP) is 0.596. The Bertz CT molecular complexity index is 403. The van der Waals surface area contributed by atoms with Crippen LogP contribution in [-0.2, 0) is 17.7 Å². The first-order valence-corrected chi connectivity index (χ1v) is 6.25. The summed E-state index contributed by atoms with van der Waals surface area (Å²) in [4.78, 5) is 10.9. The van der Waals surface area contributed by atoms with E-state index in [0.717, 1.165) is 51.3 Å². The highest BCUT2D eigenvalue weighted by Gasteiger charge is 2.26. The van der Waals surface area contributed by atoms with E-state index in [0.29, 0.717) is 12.0 Å². The highest BCUT2D eigenvalue weighted by atomic mass is 16.5. The smallest absolute Gasteiger partial charge is 0.220 e. The second-order valence-corrected chi connectivity index (χ2v) is 4.76. The van der Waals surface area contributed by atoms with E-state index in [-0.39, 0.29) is 0 Å². The zero-order valence-electron chi connectivity index (χ0n) is 9.93. The first kappa shape index (κ1) is 10.9. The summed E-state index contributed by atoms with van der Waals surface area (Å²) >= 11 is 0. The molecule has 5 nitrogen and oxygen atoms in total. The fourth-order valence-corrected chi connectivity index (χ4v) is 2.70. The lowest BCUT2D eigenvalue weighted by Gasteiger charge is -2.36. The van der Waals surface area contributed by atoms with Gasteiger partial charge in [0.25, 0.3) is 0 Å². The van der Waals surface area contributed by atoms with Crippen molar-refractivity contribution in [2.75, 3.05) is 25.5 Å². The standard InChI is InChI=1S/C12H18N4O/c13-12-14-7-9-1-4-16(8-11(9)15-12)10-2-5-17-6-3-10/h7,10H,1-6,8H2,(H2,13,14,15). The number of nitrogens with zero attached hydrogens (tertiary/aromatic N) is 3. The minimum atomic E-state index is 0.387. The molecule has 1 aromatic heterocycles. The van der Waals surface area contributed by atoms with Gasteiger partial charge in [0.1, 0.15) is 0 Å². The highest BCUT2D eigenvalue weighted by molar-refractivity contribution is 5.27. The molecule has 2 aliphatic rings. The molecule has 17 heavy (non-hydrogen) atoms. The van der Waals surface area contributed by atoms with Gasteiger partial charge in [-0.1, -0.05) is 0 Å². The van der Waals surface area contributed by atoms with Gasteiger partial charge in [-0.25, -0.2) is 9.97 Å². The van der Waals surface area contributed by atoms with Crippen LogP contribution in [0.15, 0.2) is 6.20 Å². The van der Waals surface area contributed by atoms with Gasteiger partial charge in [0.05, 0.1) is 5.69 Å². The molecule has 0 unspecified atom stereocenters. The Kier molecular flexibility index (Phi) is 2.94. The van der Waals surface area contributed by atoms with Gasteiger partial charge in [0, 0.05) is 38.5 Å². The topological polar surface area (TPSA) is 64.3 Å². The van der Waals surface area contributed by atoms with Crippen molar-refractivity contribution in [3.8, 4) is 0 Å². The van der Waals surface area contributed by atoms with Gasteiger partial charge in [-0.2, -0.15) is 0 Å². The normalized spacial score (nSPS) is 22.4. The van der Waals surface area contributed by atoms with Crippen LogP contribution in [0, 0.1) is 0 Å². The quantitative estimate of drug-likeness (QED) is 0.770. The van der Waals surface area contributed by atoms with Crippen molar-refractivity contribution in [2.24, 2.45) is 0 Å². The Balaban J connectivity index is 1.75. The maximum Gasteiger partial charge on any atom is 0.220 e. The summed E-state index contributed by atoms with van der Waals surface area (Å²) in [6.07, 6.45) is 5.18.